The highest BCUT2D eigenvalue weighted by Crippen LogP contribution is 2.18. The van der Waals surface area contributed by atoms with Crippen molar-refractivity contribution in [2.45, 2.75) is 322 Å². The summed E-state index contributed by atoms with van der Waals surface area (Å²) < 4.78 is 10.7. The summed E-state index contributed by atoms with van der Waals surface area (Å²) in [6, 6.07) is 0. The number of hydrogen-bond acceptors (Lipinski definition) is 5. The lowest BCUT2D eigenvalue weighted by atomic mass is 10.0. The van der Waals surface area contributed by atoms with Gasteiger partial charge >= 0.3 is 11.9 Å². The van der Waals surface area contributed by atoms with Crippen molar-refractivity contribution in [3.05, 3.63) is 48.6 Å². The second-order valence-electron chi connectivity index (χ2n) is 20.1. The lowest BCUT2D eigenvalue weighted by Crippen LogP contribution is -2.28. The van der Waals surface area contributed by atoms with E-state index in [1.807, 2.05) is 0 Å². The number of carbonyl (C=O) groups is 2. The molecule has 0 aliphatic heterocycles. The second kappa shape index (κ2) is 58.2. The third-order valence-electron chi connectivity index (χ3n) is 13.4. The molecule has 1 atom stereocenters. The van der Waals surface area contributed by atoms with Crippen LogP contribution in [0.5, 0.6) is 0 Å². The van der Waals surface area contributed by atoms with E-state index in [0.29, 0.717) is 12.8 Å². The zero-order valence-electron chi connectivity index (χ0n) is 44.9. The van der Waals surface area contributed by atoms with E-state index < -0.39 is 6.10 Å². The summed E-state index contributed by atoms with van der Waals surface area (Å²) in [6.45, 7) is 4.06. The molecule has 0 saturated carbocycles. The number of hydrogen-bond donors (Lipinski definition) is 1. The Balaban J connectivity index is 3.36. The van der Waals surface area contributed by atoms with E-state index in [9.17, 15) is 14.7 Å². The Morgan fingerprint density at radius 3 is 0.970 bits per heavy atom. The van der Waals surface area contributed by atoms with Crippen molar-refractivity contribution in [1.29, 1.82) is 0 Å². The zero-order valence-corrected chi connectivity index (χ0v) is 44.9. The molecule has 0 rings (SSSR count). The van der Waals surface area contributed by atoms with Crippen LogP contribution in [0, 0.1) is 0 Å². The average Bonchev–Trinajstić information content (AvgIpc) is 3.33. The van der Waals surface area contributed by atoms with E-state index in [-0.39, 0.29) is 25.2 Å². The van der Waals surface area contributed by atoms with Crippen LogP contribution in [0.1, 0.15) is 316 Å². The van der Waals surface area contributed by atoms with Crippen LogP contribution >= 0.6 is 0 Å². The molecule has 0 aromatic rings. The van der Waals surface area contributed by atoms with Gasteiger partial charge in [-0.05, 0) is 51.4 Å². The first kappa shape index (κ1) is 64.9. The Morgan fingerprint density at radius 1 is 0.358 bits per heavy atom. The smallest absolute Gasteiger partial charge is 0.306 e. The Morgan fingerprint density at radius 2 is 0.642 bits per heavy atom. The summed E-state index contributed by atoms with van der Waals surface area (Å²) >= 11 is 0. The highest BCUT2D eigenvalue weighted by atomic mass is 16.6. The lowest BCUT2D eigenvalue weighted by Gasteiger charge is -2.15. The van der Waals surface area contributed by atoms with E-state index in [4.69, 9.17) is 9.47 Å². The van der Waals surface area contributed by atoms with Crippen LogP contribution < -0.4 is 0 Å². The Labute approximate surface area is 418 Å². The maximum atomic E-state index is 12.3. The molecule has 67 heavy (non-hydrogen) atoms. The van der Waals surface area contributed by atoms with Gasteiger partial charge in [0.15, 0.2) is 6.10 Å². The highest BCUT2D eigenvalue weighted by molar-refractivity contribution is 5.70. The molecular formula is C62H114O5. The van der Waals surface area contributed by atoms with Crippen LogP contribution in [0.2, 0.25) is 0 Å². The number of ether oxygens (including phenoxy) is 2. The fourth-order valence-corrected chi connectivity index (χ4v) is 8.96. The van der Waals surface area contributed by atoms with Crippen LogP contribution in [-0.4, -0.2) is 36.4 Å². The van der Waals surface area contributed by atoms with Gasteiger partial charge in [-0.1, -0.05) is 300 Å². The molecule has 1 unspecified atom stereocenters. The highest BCUT2D eigenvalue weighted by Gasteiger charge is 2.16. The minimum Gasteiger partial charge on any atom is -0.462 e. The zero-order chi connectivity index (χ0) is 48.5. The summed E-state index contributed by atoms with van der Waals surface area (Å²) in [6.07, 6.45) is 76.9. The Hall–Kier alpha value is -2.14. The van der Waals surface area contributed by atoms with E-state index in [1.165, 1.54) is 231 Å². The summed E-state index contributed by atoms with van der Waals surface area (Å²) in [5.41, 5.74) is 0. The molecule has 0 aliphatic rings. The van der Waals surface area contributed by atoms with Crippen molar-refractivity contribution in [3.63, 3.8) is 0 Å². The van der Waals surface area contributed by atoms with Crippen molar-refractivity contribution in [2.24, 2.45) is 0 Å². The van der Waals surface area contributed by atoms with Crippen molar-refractivity contribution in [2.75, 3.05) is 13.2 Å². The Kier molecular flexibility index (Phi) is 56.3. The standard InChI is InChI=1S/C62H114O5/c1-3-5-7-9-11-13-15-17-19-20-21-22-23-24-25-26-27-28-29-30-31-32-33-34-35-36-37-38-39-40-41-42-43-45-47-49-51-53-55-57-62(65)67-60(58-63)59-66-61(64)56-54-52-50-48-46-44-18-16-14-12-10-8-6-4-2/h5,7,11,13,17,19,21-22,60,63H,3-4,6,8-10,12,14-16,18,20,23-59H2,1-2H3/b7-5-,13-11-,19-17-,22-21-. The first-order valence-electron chi connectivity index (χ1n) is 29.7. The van der Waals surface area contributed by atoms with Gasteiger partial charge in [0.2, 0.25) is 0 Å². The van der Waals surface area contributed by atoms with Gasteiger partial charge in [0.25, 0.3) is 0 Å². The van der Waals surface area contributed by atoms with Crippen molar-refractivity contribution >= 4 is 11.9 Å². The predicted molar refractivity (Wildman–Crippen MR) is 293 cm³/mol. The van der Waals surface area contributed by atoms with Gasteiger partial charge in [0, 0.05) is 12.8 Å². The number of aliphatic hydroxyl groups excluding tert-OH is 1. The molecule has 0 fully saturated rings. The molecule has 5 nitrogen and oxygen atoms in total. The monoisotopic (exact) mass is 939 g/mol. The molecule has 392 valence electrons. The molecule has 5 heteroatoms. The minimum atomic E-state index is -0.766. The fraction of sp³-hybridized carbons (Fsp3) is 0.839. The molecule has 0 saturated heterocycles. The molecule has 0 aromatic carbocycles. The normalized spacial score (nSPS) is 12.5. The summed E-state index contributed by atoms with van der Waals surface area (Å²) in [4.78, 5) is 24.5. The van der Waals surface area contributed by atoms with Gasteiger partial charge in [0.05, 0.1) is 6.61 Å². The summed E-state index contributed by atoms with van der Waals surface area (Å²) in [7, 11) is 0. The van der Waals surface area contributed by atoms with E-state index in [2.05, 4.69) is 62.5 Å². The molecule has 0 heterocycles. The molecule has 0 spiro atoms. The predicted octanol–water partition coefficient (Wildman–Crippen LogP) is 20.0. The van der Waals surface area contributed by atoms with Gasteiger partial charge in [-0.15, -0.1) is 0 Å². The third kappa shape index (κ3) is 56.3. The second-order valence-corrected chi connectivity index (χ2v) is 20.1. The molecule has 1 N–H and O–H groups in total. The fourth-order valence-electron chi connectivity index (χ4n) is 8.96. The summed E-state index contributed by atoms with van der Waals surface area (Å²) in [5.74, 6) is -0.572. The molecule has 0 aliphatic carbocycles. The van der Waals surface area contributed by atoms with Crippen LogP contribution in [-0.2, 0) is 19.1 Å². The molecule has 0 radical (unpaired) electrons. The number of carbonyl (C=O) groups excluding carboxylic acids is 2. The maximum absolute atomic E-state index is 12.3. The number of allylic oxidation sites excluding steroid dienone is 8. The first-order valence-corrected chi connectivity index (χ1v) is 29.7. The van der Waals surface area contributed by atoms with Gasteiger partial charge in [-0.3, -0.25) is 9.59 Å². The van der Waals surface area contributed by atoms with E-state index >= 15 is 0 Å². The number of aliphatic hydroxyl groups is 1. The van der Waals surface area contributed by atoms with Crippen LogP contribution in [0.15, 0.2) is 48.6 Å². The van der Waals surface area contributed by atoms with Crippen LogP contribution in [0.25, 0.3) is 0 Å². The van der Waals surface area contributed by atoms with Crippen LogP contribution in [0.3, 0.4) is 0 Å². The Bertz CT molecular complexity index is 1110. The molecule has 0 amide bonds. The average molecular weight is 940 g/mol. The van der Waals surface area contributed by atoms with Crippen molar-refractivity contribution in [1.82, 2.24) is 0 Å². The SMILES string of the molecule is CC/C=C\C/C=C\C/C=C\C/C=C\CCCCCCCCCCCCCCCCCCCCCCCCCCCCC(=O)OC(CO)COC(=O)CCCCCCCCCCCCCCCC. The number of rotatable bonds is 55. The minimum absolute atomic E-state index is 0.0590. The summed E-state index contributed by atoms with van der Waals surface area (Å²) in [5, 5.41) is 9.63. The largest absolute Gasteiger partial charge is 0.462 e. The molecular weight excluding hydrogens is 825 g/mol. The van der Waals surface area contributed by atoms with Gasteiger partial charge < -0.3 is 14.6 Å². The molecule has 0 aromatic heterocycles. The third-order valence-corrected chi connectivity index (χ3v) is 13.4. The number of unbranched alkanes of at least 4 members (excludes halogenated alkanes) is 39. The van der Waals surface area contributed by atoms with Crippen molar-refractivity contribution < 1.29 is 24.2 Å². The van der Waals surface area contributed by atoms with Gasteiger partial charge in [0.1, 0.15) is 6.61 Å². The molecule has 0 bridgehead atoms. The van der Waals surface area contributed by atoms with Crippen LogP contribution in [0.4, 0.5) is 0 Å². The van der Waals surface area contributed by atoms with Gasteiger partial charge in [-0.2, -0.15) is 0 Å². The van der Waals surface area contributed by atoms with E-state index in [1.54, 1.807) is 0 Å². The lowest BCUT2D eigenvalue weighted by molar-refractivity contribution is -0.161. The van der Waals surface area contributed by atoms with Gasteiger partial charge in [-0.25, -0.2) is 0 Å². The number of esters is 2. The quantitative estimate of drug-likeness (QED) is 0.0374. The van der Waals surface area contributed by atoms with Crippen molar-refractivity contribution in [3.8, 4) is 0 Å². The maximum Gasteiger partial charge on any atom is 0.306 e. The van der Waals surface area contributed by atoms with E-state index in [0.717, 1.165) is 57.8 Å². The first-order chi connectivity index (χ1) is 33.1. The topological polar surface area (TPSA) is 72.8 Å².